The van der Waals surface area contributed by atoms with Crippen molar-refractivity contribution in [2.75, 3.05) is 27.2 Å². The minimum atomic E-state index is -0.180. The van der Waals surface area contributed by atoms with E-state index in [9.17, 15) is 4.79 Å². The average molecular weight is 402 g/mol. The minimum absolute atomic E-state index is 0.162. The van der Waals surface area contributed by atoms with Crippen molar-refractivity contribution in [3.05, 3.63) is 51.3 Å². The number of piperidine rings is 1. The zero-order valence-electron chi connectivity index (χ0n) is 16.5. The number of nitrogens with zero attached hydrogens (tertiary/aromatic N) is 2. The van der Waals surface area contributed by atoms with Crippen molar-refractivity contribution in [1.82, 2.24) is 20.5 Å². The van der Waals surface area contributed by atoms with Gasteiger partial charge in [-0.2, -0.15) is 0 Å². The van der Waals surface area contributed by atoms with Crippen LogP contribution in [-0.4, -0.2) is 54.7 Å². The van der Waals surface area contributed by atoms with Gasteiger partial charge >= 0.3 is 0 Å². The third kappa shape index (κ3) is 5.08. The minimum Gasteiger partial charge on any atom is -0.488 e. The van der Waals surface area contributed by atoms with Crippen LogP contribution in [-0.2, 0) is 16.1 Å². The summed E-state index contributed by atoms with van der Waals surface area (Å²) in [7, 11) is 3.80. The Bertz CT molecular complexity index is 831. The molecular formula is C20H27N5O2S. The Morgan fingerprint density at radius 2 is 2.14 bits per heavy atom. The van der Waals surface area contributed by atoms with Crippen molar-refractivity contribution in [2.24, 2.45) is 0 Å². The first kappa shape index (κ1) is 20.3. The molecular weight excluding hydrogens is 374 g/mol. The van der Waals surface area contributed by atoms with E-state index in [0.717, 1.165) is 35.8 Å². The van der Waals surface area contributed by atoms with Gasteiger partial charge in [-0.05, 0) is 58.1 Å². The van der Waals surface area contributed by atoms with Crippen LogP contribution in [0.1, 0.15) is 22.7 Å². The molecule has 0 bridgehead atoms. The first-order valence-corrected chi connectivity index (χ1v) is 10.2. The molecule has 2 heterocycles. The standard InChI is InChI=1S/C20H27N5O2S/c1-13-23-11-16(28-13)12-27-15-4-5-18(21)17(10-15)19(22-2)20(26)24-14-6-8-25(3)9-7-14/h4-5,10-11,14,21-22H,6-9,12H2,1-3H3,(H,24,26)/b19-17-,21-18?. The molecule has 1 aromatic heterocycles. The van der Waals surface area contributed by atoms with Gasteiger partial charge in [-0.1, -0.05) is 0 Å². The molecule has 28 heavy (non-hydrogen) atoms. The van der Waals surface area contributed by atoms with Gasteiger partial charge in [0.2, 0.25) is 0 Å². The van der Waals surface area contributed by atoms with Gasteiger partial charge in [0.05, 0.1) is 15.6 Å². The van der Waals surface area contributed by atoms with E-state index >= 15 is 0 Å². The number of likely N-dealkylation sites (N-methyl/N-ethyl adjacent to an activating group) is 1. The van der Waals surface area contributed by atoms with E-state index in [1.54, 1.807) is 42.8 Å². The fraction of sp³-hybridized carbons (Fsp3) is 0.450. The highest BCUT2D eigenvalue weighted by Gasteiger charge is 2.23. The highest BCUT2D eigenvalue weighted by molar-refractivity contribution is 7.11. The van der Waals surface area contributed by atoms with Crippen LogP contribution in [0.3, 0.4) is 0 Å². The molecule has 1 aromatic rings. The number of rotatable bonds is 6. The van der Waals surface area contributed by atoms with E-state index in [-0.39, 0.29) is 17.7 Å². The zero-order chi connectivity index (χ0) is 20.1. The molecule has 1 saturated heterocycles. The summed E-state index contributed by atoms with van der Waals surface area (Å²) in [4.78, 5) is 20.3. The van der Waals surface area contributed by atoms with Gasteiger partial charge in [0.25, 0.3) is 5.91 Å². The predicted octanol–water partition coefficient (Wildman–Crippen LogP) is 2.13. The summed E-state index contributed by atoms with van der Waals surface area (Å²) in [6.45, 7) is 4.32. The van der Waals surface area contributed by atoms with Crippen LogP contribution < -0.4 is 10.6 Å². The van der Waals surface area contributed by atoms with Crippen LogP contribution in [0.5, 0.6) is 0 Å². The number of ether oxygens (including phenoxy) is 1. The molecule has 1 aliphatic heterocycles. The molecule has 0 saturated carbocycles. The van der Waals surface area contributed by atoms with Gasteiger partial charge in [0.15, 0.2) is 0 Å². The monoisotopic (exact) mass is 401 g/mol. The van der Waals surface area contributed by atoms with Gasteiger partial charge in [-0.3, -0.25) is 4.79 Å². The number of thiazole rings is 1. The van der Waals surface area contributed by atoms with Crippen LogP contribution in [0.4, 0.5) is 0 Å². The van der Waals surface area contributed by atoms with Crippen LogP contribution in [0.2, 0.25) is 0 Å². The van der Waals surface area contributed by atoms with Crippen LogP contribution in [0, 0.1) is 12.3 Å². The number of allylic oxidation sites excluding steroid dienone is 4. The molecule has 2 aliphatic rings. The third-order valence-corrected chi connectivity index (χ3v) is 5.73. The largest absolute Gasteiger partial charge is 0.488 e. The third-order valence-electron chi connectivity index (χ3n) is 4.84. The lowest BCUT2D eigenvalue weighted by Gasteiger charge is -2.30. The van der Waals surface area contributed by atoms with Crippen molar-refractivity contribution >= 4 is 23.0 Å². The van der Waals surface area contributed by atoms with Gasteiger partial charge < -0.3 is 25.7 Å². The molecule has 150 valence electrons. The summed E-state index contributed by atoms with van der Waals surface area (Å²) in [5.41, 5.74) is 1.21. The molecule has 0 atom stereocenters. The van der Waals surface area contributed by atoms with Crippen LogP contribution in [0.15, 0.2) is 41.5 Å². The van der Waals surface area contributed by atoms with Gasteiger partial charge in [-0.25, -0.2) is 4.98 Å². The summed E-state index contributed by atoms with van der Waals surface area (Å²) < 4.78 is 5.85. The van der Waals surface area contributed by atoms with Gasteiger partial charge in [0.1, 0.15) is 18.1 Å². The quantitative estimate of drug-likeness (QED) is 0.636. The first-order valence-electron chi connectivity index (χ1n) is 9.40. The fourth-order valence-corrected chi connectivity index (χ4v) is 3.94. The number of likely N-dealkylation sites (tertiary alicyclic amines) is 1. The topological polar surface area (TPSA) is 90.3 Å². The summed E-state index contributed by atoms with van der Waals surface area (Å²) >= 11 is 1.59. The molecule has 1 amide bonds. The maximum absolute atomic E-state index is 12.8. The maximum atomic E-state index is 12.8. The molecule has 0 spiro atoms. The van der Waals surface area contributed by atoms with Crippen molar-refractivity contribution in [3.63, 3.8) is 0 Å². The van der Waals surface area contributed by atoms with Crippen molar-refractivity contribution in [2.45, 2.75) is 32.4 Å². The number of nitrogens with one attached hydrogen (secondary N) is 3. The Labute approximate surface area is 169 Å². The molecule has 7 nitrogen and oxygen atoms in total. The van der Waals surface area contributed by atoms with E-state index < -0.39 is 0 Å². The van der Waals surface area contributed by atoms with E-state index in [1.807, 2.05) is 6.92 Å². The number of aromatic nitrogens is 1. The second-order valence-electron chi connectivity index (χ2n) is 7.02. The molecule has 3 N–H and O–H groups in total. The summed E-state index contributed by atoms with van der Waals surface area (Å²) in [5, 5.41) is 15.3. The maximum Gasteiger partial charge on any atom is 0.268 e. The van der Waals surface area contributed by atoms with Gasteiger partial charge in [-0.15, -0.1) is 11.3 Å². The number of aryl methyl sites for hydroxylation is 1. The molecule has 0 radical (unpaired) electrons. The Morgan fingerprint density at radius 3 is 2.79 bits per heavy atom. The van der Waals surface area contributed by atoms with Crippen molar-refractivity contribution in [3.8, 4) is 0 Å². The van der Waals surface area contributed by atoms with E-state index in [2.05, 4.69) is 27.6 Å². The number of amides is 1. The molecule has 3 rings (SSSR count). The van der Waals surface area contributed by atoms with E-state index in [1.165, 1.54) is 0 Å². The van der Waals surface area contributed by atoms with E-state index in [4.69, 9.17) is 10.1 Å². The normalized spacial score (nSPS) is 20.0. The highest BCUT2D eigenvalue weighted by Crippen LogP contribution is 2.20. The SMILES string of the molecule is CN/C(C(=O)NC1CCN(C)CC1)=C1/C=C(OCc2cnc(C)s2)C=CC1=N. The lowest BCUT2D eigenvalue weighted by atomic mass is 10.0. The Morgan fingerprint density at radius 1 is 1.39 bits per heavy atom. The van der Waals surface area contributed by atoms with E-state index in [0.29, 0.717) is 23.6 Å². The summed E-state index contributed by atoms with van der Waals surface area (Å²) in [5.74, 6) is 0.442. The lowest BCUT2D eigenvalue weighted by molar-refractivity contribution is -0.118. The number of carbonyl (C=O) groups is 1. The Balaban J connectivity index is 1.71. The van der Waals surface area contributed by atoms with Gasteiger partial charge in [0, 0.05) is 24.9 Å². The average Bonchev–Trinajstić information content (AvgIpc) is 3.10. The number of hydrogen-bond acceptors (Lipinski definition) is 7. The molecule has 8 heteroatoms. The summed E-state index contributed by atoms with van der Waals surface area (Å²) in [6, 6.07) is 0.162. The zero-order valence-corrected chi connectivity index (χ0v) is 17.4. The number of hydrogen-bond donors (Lipinski definition) is 3. The second kappa shape index (κ2) is 9.16. The van der Waals surface area contributed by atoms with Crippen molar-refractivity contribution in [1.29, 1.82) is 5.41 Å². The van der Waals surface area contributed by atoms with Crippen LogP contribution in [0.25, 0.3) is 0 Å². The van der Waals surface area contributed by atoms with Crippen molar-refractivity contribution < 1.29 is 9.53 Å². The fourth-order valence-electron chi connectivity index (χ4n) is 3.23. The summed E-state index contributed by atoms with van der Waals surface area (Å²) in [6.07, 6.45) is 8.83. The molecule has 0 aromatic carbocycles. The predicted molar refractivity (Wildman–Crippen MR) is 111 cm³/mol. The number of carbonyl (C=O) groups excluding carboxylic acids is 1. The molecule has 1 aliphatic carbocycles. The Kier molecular flexibility index (Phi) is 6.64. The first-order chi connectivity index (χ1) is 13.5. The molecule has 0 unspecified atom stereocenters. The smallest absolute Gasteiger partial charge is 0.268 e. The van der Waals surface area contributed by atoms with Crippen LogP contribution >= 0.6 is 11.3 Å². The lowest BCUT2D eigenvalue weighted by Crippen LogP contribution is -2.45. The second-order valence-corrected chi connectivity index (χ2v) is 8.34. The Hall–Kier alpha value is -2.45. The molecule has 1 fully saturated rings. The highest BCUT2D eigenvalue weighted by atomic mass is 32.1.